The Morgan fingerprint density at radius 3 is 2.96 bits per heavy atom. The Hall–Kier alpha value is -2.25. The highest BCUT2D eigenvalue weighted by atomic mass is 19.1. The summed E-state index contributed by atoms with van der Waals surface area (Å²) in [7, 11) is 1.61. The number of ether oxygens (including phenoxy) is 2. The van der Waals surface area contributed by atoms with Gasteiger partial charge in [0.25, 0.3) is 5.91 Å². The van der Waals surface area contributed by atoms with Crippen molar-refractivity contribution in [1.29, 1.82) is 0 Å². The summed E-state index contributed by atoms with van der Waals surface area (Å²) in [6.07, 6.45) is 0.454. The lowest BCUT2D eigenvalue weighted by Gasteiger charge is -2.24. The molecular formula is C20H26FN3O3. The number of hydrogen-bond donors (Lipinski definition) is 1. The number of amides is 1. The van der Waals surface area contributed by atoms with Crippen LogP contribution >= 0.6 is 0 Å². The number of rotatable bonds is 6. The molecule has 0 fully saturated rings. The summed E-state index contributed by atoms with van der Waals surface area (Å²) < 4.78 is 26.6. The largest absolute Gasteiger partial charge is 0.383 e. The van der Waals surface area contributed by atoms with Crippen molar-refractivity contribution >= 4 is 5.91 Å². The number of carbonyl (C=O) groups is 1. The summed E-state index contributed by atoms with van der Waals surface area (Å²) in [6.45, 7) is 6.84. The van der Waals surface area contributed by atoms with Crippen molar-refractivity contribution in [2.45, 2.75) is 52.5 Å². The SMILES string of the molecule is COCCn1nc2c(c1C(=O)NCc1cc(C)ccc1F)C[C@H](C)O[C@@H]2C. The maximum Gasteiger partial charge on any atom is 0.270 e. The molecule has 0 saturated carbocycles. The highest BCUT2D eigenvalue weighted by molar-refractivity contribution is 5.94. The van der Waals surface area contributed by atoms with E-state index in [1.165, 1.54) is 6.07 Å². The van der Waals surface area contributed by atoms with Gasteiger partial charge in [0.2, 0.25) is 0 Å². The molecule has 146 valence electrons. The summed E-state index contributed by atoms with van der Waals surface area (Å²) in [6, 6.07) is 4.87. The van der Waals surface area contributed by atoms with Crippen LogP contribution in [0.1, 0.15) is 52.8 Å². The molecule has 27 heavy (non-hydrogen) atoms. The van der Waals surface area contributed by atoms with E-state index in [9.17, 15) is 9.18 Å². The molecule has 0 spiro atoms. The molecule has 1 aromatic carbocycles. The molecule has 1 aliphatic rings. The summed E-state index contributed by atoms with van der Waals surface area (Å²) in [5.41, 5.74) is 3.61. The maximum absolute atomic E-state index is 14.0. The summed E-state index contributed by atoms with van der Waals surface area (Å²) >= 11 is 0. The Labute approximate surface area is 158 Å². The Morgan fingerprint density at radius 2 is 2.22 bits per heavy atom. The van der Waals surface area contributed by atoms with Crippen molar-refractivity contribution in [1.82, 2.24) is 15.1 Å². The minimum Gasteiger partial charge on any atom is -0.383 e. The van der Waals surface area contributed by atoms with Gasteiger partial charge in [0.05, 0.1) is 31.1 Å². The standard InChI is InChI=1S/C20H26FN3O3/c1-12-5-6-17(21)15(9-12)11-22-20(25)19-16-10-13(2)27-14(3)18(16)23-24(19)7-8-26-4/h5-6,9,13-14H,7-8,10-11H2,1-4H3,(H,22,25)/t13-,14+/m0/s1. The number of fused-ring (bicyclic) bond motifs is 1. The molecule has 0 saturated heterocycles. The van der Waals surface area contributed by atoms with Crippen molar-refractivity contribution in [2.24, 2.45) is 0 Å². The van der Waals surface area contributed by atoms with Crippen molar-refractivity contribution in [3.8, 4) is 0 Å². The van der Waals surface area contributed by atoms with Gasteiger partial charge in [-0.15, -0.1) is 0 Å². The first-order valence-electron chi connectivity index (χ1n) is 9.18. The third-order valence-electron chi connectivity index (χ3n) is 4.76. The fourth-order valence-electron chi connectivity index (χ4n) is 3.49. The first-order chi connectivity index (χ1) is 12.9. The summed E-state index contributed by atoms with van der Waals surface area (Å²) in [4.78, 5) is 13.0. The van der Waals surface area contributed by atoms with Gasteiger partial charge < -0.3 is 14.8 Å². The fraction of sp³-hybridized carbons (Fsp3) is 0.500. The van der Waals surface area contributed by atoms with E-state index in [0.29, 0.717) is 30.8 Å². The second-order valence-electron chi connectivity index (χ2n) is 7.00. The van der Waals surface area contributed by atoms with Crippen LogP contribution in [0.15, 0.2) is 18.2 Å². The lowest BCUT2D eigenvalue weighted by Crippen LogP contribution is -2.29. The molecule has 2 atom stereocenters. The monoisotopic (exact) mass is 375 g/mol. The Kier molecular flexibility index (Phi) is 5.92. The average Bonchev–Trinajstić information content (AvgIpc) is 2.99. The zero-order valence-electron chi connectivity index (χ0n) is 16.2. The van der Waals surface area contributed by atoms with E-state index in [1.807, 2.05) is 20.8 Å². The molecule has 2 heterocycles. The van der Waals surface area contributed by atoms with Crippen LogP contribution in [0.4, 0.5) is 4.39 Å². The fourth-order valence-corrected chi connectivity index (χ4v) is 3.49. The van der Waals surface area contributed by atoms with Crippen molar-refractivity contribution in [3.63, 3.8) is 0 Å². The van der Waals surface area contributed by atoms with Gasteiger partial charge in [0, 0.05) is 31.2 Å². The Morgan fingerprint density at radius 1 is 1.44 bits per heavy atom. The van der Waals surface area contributed by atoms with Gasteiger partial charge in [0.1, 0.15) is 11.5 Å². The van der Waals surface area contributed by atoms with Crippen LogP contribution < -0.4 is 5.32 Å². The molecule has 0 unspecified atom stereocenters. The third-order valence-corrected chi connectivity index (χ3v) is 4.76. The second-order valence-corrected chi connectivity index (χ2v) is 7.00. The number of nitrogens with one attached hydrogen (secondary N) is 1. The van der Waals surface area contributed by atoms with Crippen LogP contribution in [0.5, 0.6) is 0 Å². The summed E-state index contributed by atoms with van der Waals surface area (Å²) in [5.74, 6) is -0.589. The third kappa shape index (κ3) is 4.20. The van der Waals surface area contributed by atoms with Crippen molar-refractivity contribution in [3.05, 3.63) is 52.1 Å². The number of carbonyl (C=O) groups excluding carboxylic acids is 1. The molecular weight excluding hydrogens is 349 g/mol. The van der Waals surface area contributed by atoms with Gasteiger partial charge in [-0.05, 0) is 26.8 Å². The van der Waals surface area contributed by atoms with Crippen molar-refractivity contribution in [2.75, 3.05) is 13.7 Å². The molecule has 1 N–H and O–H groups in total. The molecule has 1 aromatic heterocycles. The van der Waals surface area contributed by atoms with Crippen LogP contribution in [0, 0.1) is 12.7 Å². The quantitative estimate of drug-likeness (QED) is 0.843. The van der Waals surface area contributed by atoms with Crippen LogP contribution in [0.25, 0.3) is 0 Å². The average molecular weight is 375 g/mol. The van der Waals surface area contributed by atoms with Crippen LogP contribution in [-0.4, -0.2) is 35.5 Å². The zero-order valence-corrected chi connectivity index (χ0v) is 16.2. The molecule has 7 heteroatoms. The lowest BCUT2D eigenvalue weighted by atomic mass is 9.99. The molecule has 0 radical (unpaired) electrons. The number of nitrogens with zero attached hydrogens (tertiary/aromatic N) is 2. The van der Waals surface area contributed by atoms with Crippen LogP contribution in [0.2, 0.25) is 0 Å². The van der Waals surface area contributed by atoms with Crippen LogP contribution in [0.3, 0.4) is 0 Å². The smallest absolute Gasteiger partial charge is 0.270 e. The minimum absolute atomic E-state index is 0.00772. The number of halogens is 1. The molecule has 1 aliphatic heterocycles. The Bertz CT molecular complexity index is 834. The first kappa shape index (κ1) is 19.5. The molecule has 2 aromatic rings. The van der Waals surface area contributed by atoms with Gasteiger partial charge in [-0.25, -0.2) is 4.39 Å². The zero-order chi connectivity index (χ0) is 19.6. The normalized spacial score (nSPS) is 19.0. The minimum atomic E-state index is -0.327. The van der Waals surface area contributed by atoms with Gasteiger partial charge >= 0.3 is 0 Å². The number of aromatic nitrogens is 2. The molecule has 0 bridgehead atoms. The van der Waals surface area contributed by atoms with Gasteiger partial charge in [-0.1, -0.05) is 17.7 Å². The predicted molar refractivity (Wildman–Crippen MR) is 99.1 cm³/mol. The number of aryl methyl sites for hydroxylation is 1. The topological polar surface area (TPSA) is 65.4 Å². The van der Waals surface area contributed by atoms with E-state index in [-0.39, 0.29) is 30.5 Å². The molecule has 1 amide bonds. The Balaban J connectivity index is 1.87. The van der Waals surface area contributed by atoms with E-state index in [4.69, 9.17) is 9.47 Å². The van der Waals surface area contributed by atoms with Crippen LogP contribution in [-0.2, 0) is 29.0 Å². The van der Waals surface area contributed by atoms with Gasteiger partial charge in [-0.2, -0.15) is 5.10 Å². The predicted octanol–water partition coefficient (Wildman–Crippen LogP) is 2.93. The molecule has 6 nitrogen and oxygen atoms in total. The second kappa shape index (κ2) is 8.19. The number of methoxy groups -OCH3 is 1. The maximum atomic E-state index is 14.0. The van der Waals surface area contributed by atoms with E-state index in [2.05, 4.69) is 10.4 Å². The van der Waals surface area contributed by atoms with Gasteiger partial charge in [0.15, 0.2) is 0 Å². The number of benzene rings is 1. The molecule has 3 rings (SSSR count). The van der Waals surface area contributed by atoms with E-state index in [0.717, 1.165) is 16.8 Å². The summed E-state index contributed by atoms with van der Waals surface area (Å²) in [5, 5.41) is 7.43. The van der Waals surface area contributed by atoms with E-state index >= 15 is 0 Å². The van der Waals surface area contributed by atoms with Crippen molar-refractivity contribution < 1.29 is 18.7 Å². The highest BCUT2D eigenvalue weighted by Gasteiger charge is 2.32. The van der Waals surface area contributed by atoms with E-state index < -0.39 is 0 Å². The van der Waals surface area contributed by atoms with E-state index in [1.54, 1.807) is 23.9 Å². The number of hydrogen-bond acceptors (Lipinski definition) is 4. The highest BCUT2D eigenvalue weighted by Crippen LogP contribution is 2.31. The molecule has 0 aliphatic carbocycles. The lowest BCUT2D eigenvalue weighted by molar-refractivity contribution is -0.00716. The van der Waals surface area contributed by atoms with Gasteiger partial charge in [-0.3, -0.25) is 9.48 Å². The first-order valence-corrected chi connectivity index (χ1v) is 9.18.